The minimum Gasteiger partial charge on any atom is -0.456 e. The molecule has 84 valence electrons. The summed E-state index contributed by atoms with van der Waals surface area (Å²) in [7, 11) is 0. The molecular weight excluding hydrogens is 374 g/mol. The number of nitrogens with zero attached hydrogens (tertiary/aromatic N) is 2. The van der Waals surface area contributed by atoms with Gasteiger partial charge in [-0.25, -0.2) is 0 Å². The molecule has 0 radical (unpaired) electrons. The molecule has 0 fully saturated rings. The molecule has 0 aliphatic carbocycles. The number of hydrogen-bond acceptors (Lipinski definition) is 4. The molecule has 1 aromatic carbocycles. The normalized spacial score (nSPS) is 8.56. The van der Waals surface area contributed by atoms with Crippen LogP contribution in [0.5, 0.6) is 0 Å². The second kappa shape index (κ2) is 6.96. The van der Waals surface area contributed by atoms with Crippen LogP contribution in [0.3, 0.4) is 0 Å². The van der Waals surface area contributed by atoms with Crippen LogP contribution in [-0.2, 0) is 21.1 Å². The van der Waals surface area contributed by atoms with Crippen LogP contribution in [0.15, 0.2) is 28.7 Å². The maximum atomic E-state index is 5.46. The van der Waals surface area contributed by atoms with Gasteiger partial charge in [0, 0.05) is 6.92 Å². The van der Waals surface area contributed by atoms with Crippen molar-refractivity contribution in [1.29, 1.82) is 0 Å². The molecule has 0 spiro atoms. The molecule has 1 aromatic heterocycles. The predicted molar refractivity (Wildman–Crippen MR) is 58.8 cm³/mol. The number of para-hydroxylation sites is 1. The second-order valence-corrected chi connectivity index (χ2v) is 2.91. The summed E-state index contributed by atoms with van der Waals surface area (Å²) in [4.78, 5) is 0. The van der Waals surface area contributed by atoms with Crippen molar-refractivity contribution in [2.24, 2.45) is 0 Å². The summed E-state index contributed by atoms with van der Waals surface area (Å²) in [5, 5.41) is 7.03. The summed E-state index contributed by atoms with van der Waals surface area (Å²) < 4.78 is 4.75. The van der Waals surface area contributed by atoms with Gasteiger partial charge in [-0.05, 0) is 0 Å². The molecule has 0 unspecified atom stereocenters. The van der Waals surface area contributed by atoms with E-state index in [0.29, 0.717) is 11.8 Å². The third-order valence-electron chi connectivity index (χ3n) is 1.62. The molecule has 0 bridgehead atoms. The summed E-state index contributed by atoms with van der Waals surface area (Å²) in [6, 6.07) is 7.53. The zero-order valence-corrected chi connectivity index (χ0v) is 11.9. The Hall–Kier alpha value is -1.41. The Morgan fingerprint density at radius 3 is 2.06 bits per heavy atom. The van der Waals surface area contributed by atoms with E-state index in [9.17, 15) is 0 Å². The topological polar surface area (TPSA) is 64.9 Å². The monoisotopic (exact) mass is 387 g/mol. The molecule has 5 heteroatoms. The summed E-state index contributed by atoms with van der Waals surface area (Å²) in [6.07, 6.45) is 0. The van der Waals surface area contributed by atoms with Crippen LogP contribution in [0.25, 0.3) is 0 Å². The third-order valence-corrected chi connectivity index (χ3v) is 1.62. The first kappa shape index (κ1) is 14.6. The molecule has 0 atom stereocenters. The minimum atomic E-state index is 0. The average Bonchev–Trinajstić information content (AvgIpc) is 2.56. The van der Waals surface area contributed by atoms with Crippen molar-refractivity contribution < 1.29 is 25.5 Å². The van der Waals surface area contributed by atoms with E-state index in [2.05, 4.69) is 24.0 Å². The van der Waals surface area contributed by atoms with Crippen molar-refractivity contribution in [3.8, 4) is 0 Å². The van der Waals surface area contributed by atoms with Gasteiger partial charge in [-0.1, -0.05) is 17.8 Å². The Kier molecular flexibility index (Phi) is 6.35. The van der Waals surface area contributed by atoms with Crippen molar-refractivity contribution in [2.75, 3.05) is 5.73 Å². The molecule has 16 heavy (non-hydrogen) atoms. The van der Waals surface area contributed by atoms with E-state index in [1.807, 2.05) is 24.3 Å². The largest absolute Gasteiger partial charge is 2.00 e. The van der Waals surface area contributed by atoms with Crippen LogP contribution in [0.2, 0.25) is 0 Å². The number of rotatable bonds is 0. The van der Waals surface area contributed by atoms with Crippen molar-refractivity contribution in [1.82, 2.24) is 10.2 Å². The summed E-state index contributed by atoms with van der Waals surface area (Å²) >= 11 is 0. The molecule has 0 saturated heterocycles. The Balaban J connectivity index is 0.000000267. The van der Waals surface area contributed by atoms with Gasteiger partial charge in [0.05, 0.1) is 5.89 Å². The quantitative estimate of drug-likeness (QED) is 0.555. The van der Waals surface area contributed by atoms with Crippen molar-refractivity contribution >= 4 is 5.69 Å². The first-order valence-electron chi connectivity index (χ1n) is 4.38. The van der Waals surface area contributed by atoms with E-state index < -0.39 is 0 Å². The molecule has 2 N–H and O–H groups in total. The van der Waals surface area contributed by atoms with E-state index in [1.54, 1.807) is 6.92 Å². The summed E-state index contributed by atoms with van der Waals surface area (Å²) in [6.45, 7) is 8.82. The van der Waals surface area contributed by atoms with Crippen molar-refractivity contribution in [3.63, 3.8) is 0 Å². The van der Waals surface area contributed by atoms with Crippen LogP contribution < -0.4 is 5.73 Å². The molecule has 2 rings (SSSR count). The third kappa shape index (κ3) is 4.89. The first-order valence-corrected chi connectivity index (χ1v) is 4.38. The van der Waals surface area contributed by atoms with Gasteiger partial charge >= 0.3 is 21.1 Å². The Bertz CT molecular complexity index is 391. The zero-order valence-electron chi connectivity index (χ0n) is 9.01. The number of aryl methyl sites for hydroxylation is 1. The Labute approximate surface area is 110 Å². The average molecular weight is 387 g/mol. The number of anilines is 1. The standard InChI is InChI=1S/C7H8N.C4H5N2O.W/c1-6-4-2-3-5-7(6)8;1-3-5-6-4(2)7-3;/h2-5H,1,8H2;1H2,2H3;/q2*-1;+2. The number of nitrogens with two attached hydrogens (primary N) is 1. The smallest absolute Gasteiger partial charge is 0.456 e. The summed E-state index contributed by atoms with van der Waals surface area (Å²) in [5.41, 5.74) is 7.11. The van der Waals surface area contributed by atoms with E-state index in [1.165, 1.54) is 0 Å². The maximum absolute atomic E-state index is 5.46. The zero-order chi connectivity index (χ0) is 11.3. The second-order valence-electron chi connectivity index (χ2n) is 2.91. The SMILES string of the molecule is [CH2-]c1ccccc1N.[CH2-]c1nnc(C)o1.[W+2]. The van der Waals surface area contributed by atoms with E-state index in [-0.39, 0.29) is 21.1 Å². The number of hydrogen-bond donors (Lipinski definition) is 1. The van der Waals surface area contributed by atoms with Gasteiger partial charge in [-0.2, -0.15) is 18.6 Å². The number of benzene rings is 1. The molecule has 0 aliphatic heterocycles. The van der Waals surface area contributed by atoms with Crippen LogP contribution in [-0.4, -0.2) is 10.2 Å². The van der Waals surface area contributed by atoms with Gasteiger partial charge in [0.2, 0.25) is 5.89 Å². The van der Waals surface area contributed by atoms with Crippen LogP contribution >= 0.6 is 0 Å². The fourth-order valence-electron chi connectivity index (χ4n) is 0.872. The molecule has 0 saturated carbocycles. The van der Waals surface area contributed by atoms with E-state index in [0.717, 1.165) is 11.3 Å². The van der Waals surface area contributed by atoms with Gasteiger partial charge in [-0.15, -0.1) is 16.3 Å². The van der Waals surface area contributed by atoms with Crippen LogP contribution in [0.1, 0.15) is 17.3 Å². The predicted octanol–water partition coefficient (Wildman–Crippen LogP) is 2.01. The Morgan fingerprint density at radius 2 is 1.81 bits per heavy atom. The molecule has 1 heterocycles. The maximum Gasteiger partial charge on any atom is 2.00 e. The molecule has 2 aromatic rings. The Morgan fingerprint density at radius 1 is 1.19 bits per heavy atom. The van der Waals surface area contributed by atoms with Crippen LogP contribution in [0, 0.1) is 20.8 Å². The van der Waals surface area contributed by atoms with Crippen molar-refractivity contribution in [2.45, 2.75) is 6.92 Å². The van der Waals surface area contributed by atoms with Gasteiger partial charge < -0.3 is 17.1 Å². The first-order chi connectivity index (χ1) is 7.09. The molecule has 0 aliphatic rings. The minimum absolute atomic E-state index is 0. The molecular formula is C11H13N3OW. The molecule has 4 nitrogen and oxygen atoms in total. The van der Waals surface area contributed by atoms with Gasteiger partial charge in [-0.3, -0.25) is 0 Å². The van der Waals surface area contributed by atoms with Gasteiger partial charge in [0.15, 0.2) is 0 Å². The van der Waals surface area contributed by atoms with Gasteiger partial charge in [0.25, 0.3) is 0 Å². The number of nitrogen functional groups attached to an aromatic ring is 1. The van der Waals surface area contributed by atoms with Crippen molar-refractivity contribution in [3.05, 3.63) is 55.5 Å². The van der Waals surface area contributed by atoms with E-state index >= 15 is 0 Å². The van der Waals surface area contributed by atoms with Crippen LogP contribution in [0.4, 0.5) is 5.69 Å². The molecule has 0 amide bonds. The number of aromatic nitrogens is 2. The van der Waals surface area contributed by atoms with E-state index in [4.69, 9.17) is 10.2 Å². The fraction of sp³-hybridized carbons (Fsp3) is 0.0909. The fourth-order valence-corrected chi connectivity index (χ4v) is 0.872. The van der Waals surface area contributed by atoms with Gasteiger partial charge in [0.1, 0.15) is 0 Å². The summed E-state index contributed by atoms with van der Waals surface area (Å²) in [5.74, 6) is 0.933.